The van der Waals surface area contributed by atoms with Gasteiger partial charge in [0, 0.05) is 24.4 Å². The number of rotatable bonds is 3. The zero-order valence-corrected chi connectivity index (χ0v) is 8.74. The summed E-state index contributed by atoms with van der Waals surface area (Å²) in [7, 11) is 1.58. The van der Waals surface area contributed by atoms with Gasteiger partial charge in [0.25, 0.3) is 0 Å². The molecule has 0 aliphatic carbocycles. The van der Waals surface area contributed by atoms with Crippen LogP contribution in [0.2, 0.25) is 0 Å². The Hall–Kier alpha value is -1.51. The molecule has 0 spiro atoms. The Bertz CT molecular complexity index is 322. The summed E-state index contributed by atoms with van der Waals surface area (Å²) >= 11 is 0. The van der Waals surface area contributed by atoms with E-state index in [0.29, 0.717) is 12.3 Å². The third-order valence-electron chi connectivity index (χ3n) is 1.98. The lowest BCUT2D eigenvalue weighted by molar-refractivity contribution is 0.407. The molecule has 1 rings (SSSR count). The molecule has 0 aliphatic rings. The summed E-state index contributed by atoms with van der Waals surface area (Å²) < 4.78 is 5.03. The molecule has 0 amide bonds. The van der Waals surface area contributed by atoms with E-state index in [9.17, 15) is 5.11 Å². The van der Waals surface area contributed by atoms with Gasteiger partial charge in [-0.25, -0.2) is 0 Å². The second-order valence-corrected chi connectivity index (χ2v) is 3.00. The van der Waals surface area contributed by atoms with Gasteiger partial charge in [-0.15, -0.1) is 0 Å². The summed E-state index contributed by atoms with van der Waals surface area (Å²) in [6, 6.07) is 3.46. The summed E-state index contributed by atoms with van der Waals surface area (Å²) in [4.78, 5) is 4.09. The fourth-order valence-electron chi connectivity index (χ4n) is 1.22. The van der Waals surface area contributed by atoms with E-state index in [0.717, 1.165) is 11.1 Å². The van der Waals surface area contributed by atoms with E-state index in [-0.39, 0.29) is 5.75 Å². The van der Waals surface area contributed by atoms with E-state index >= 15 is 0 Å². The van der Waals surface area contributed by atoms with Crippen LogP contribution >= 0.6 is 0 Å². The summed E-state index contributed by atoms with van der Waals surface area (Å²) in [6.45, 7) is 4.58. The predicted octanol–water partition coefficient (Wildman–Crippen LogP) is 2.15. The lowest BCUT2D eigenvalue weighted by Gasteiger charge is -2.06. The van der Waals surface area contributed by atoms with Gasteiger partial charge in [0.1, 0.15) is 11.5 Å². The number of ether oxygens (including phenoxy) is 1. The van der Waals surface area contributed by atoms with Crippen molar-refractivity contribution in [3.05, 3.63) is 23.3 Å². The highest BCUT2D eigenvalue weighted by atomic mass is 16.5. The van der Waals surface area contributed by atoms with Crippen molar-refractivity contribution in [2.24, 2.45) is 4.99 Å². The third-order valence-corrected chi connectivity index (χ3v) is 1.98. The summed E-state index contributed by atoms with van der Waals surface area (Å²) in [5.74, 6) is 0.868. The van der Waals surface area contributed by atoms with Crippen molar-refractivity contribution in [1.29, 1.82) is 0 Å². The number of phenols is 1. The van der Waals surface area contributed by atoms with Gasteiger partial charge >= 0.3 is 0 Å². The molecular formula is C11H15NO2. The quantitative estimate of drug-likeness (QED) is 0.747. The molecule has 1 N–H and O–H groups in total. The molecule has 3 heteroatoms. The van der Waals surface area contributed by atoms with Crippen LogP contribution in [0.5, 0.6) is 11.5 Å². The lowest BCUT2D eigenvalue weighted by atomic mass is 10.1. The highest BCUT2D eigenvalue weighted by Gasteiger charge is 2.04. The van der Waals surface area contributed by atoms with Crippen molar-refractivity contribution in [1.82, 2.24) is 0 Å². The Labute approximate surface area is 84.1 Å². The van der Waals surface area contributed by atoms with E-state index in [4.69, 9.17) is 4.74 Å². The number of hydrogen-bond acceptors (Lipinski definition) is 3. The van der Waals surface area contributed by atoms with E-state index in [1.807, 2.05) is 19.9 Å². The van der Waals surface area contributed by atoms with Crippen LogP contribution in [0.25, 0.3) is 0 Å². The Morgan fingerprint density at radius 3 is 2.71 bits per heavy atom. The van der Waals surface area contributed by atoms with Crippen molar-refractivity contribution in [2.75, 3.05) is 13.7 Å². The molecule has 0 saturated carbocycles. The summed E-state index contributed by atoms with van der Waals surface area (Å²) in [5.41, 5.74) is 1.71. The molecule has 0 unspecified atom stereocenters. The molecule has 1 aromatic rings. The smallest absolute Gasteiger partial charge is 0.128 e. The van der Waals surface area contributed by atoms with Crippen LogP contribution in [0.1, 0.15) is 18.1 Å². The number of phenolic OH excluding ortho intramolecular Hbond substituents is 1. The summed E-state index contributed by atoms with van der Waals surface area (Å²) in [5, 5.41) is 9.66. The normalized spacial score (nSPS) is 10.8. The first-order chi connectivity index (χ1) is 6.69. The molecule has 1 aromatic carbocycles. The maximum Gasteiger partial charge on any atom is 0.128 e. The lowest BCUT2D eigenvalue weighted by Crippen LogP contribution is -1.91. The second kappa shape index (κ2) is 4.65. The van der Waals surface area contributed by atoms with Crippen LogP contribution in [0.15, 0.2) is 17.1 Å². The van der Waals surface area contributed by atoms with Crippen LogP contribution in [0.4, 0.5) is 0 Å². The van der Waals surface area contributed by atoms with Gasteiger partial charge in [0.05, 0.1) is 7.11 Å². The molecule has 3 nitrogen and oxygen atoms in total. The van der Waals surface area contributed by atoms with Crippen molar-refractivity contribution in [3.63, 3.8) is 0 Å². The van der Waals surface area contributed by atoms with Gasteiger partial charge in [-0.3, -0.25) is 4.99 Å². The first kappa shape index (κ1) is 10.6. The zero-order chi connectivity index (χ0) is 10.6. The first-order valence-electron chi connectivity index (χ1n) is 4.56. The molecule has 0 aromatic heterocycles. The largest absolute Gasteiger partial charge is 0.507 e. The third kappa shape index (κ3) is 2.25. The number of aryl methyl sites for hydroxylation is 1. The number of benzene rings is 1. The molecule has 0 atom stereocenters. The van der Waals surface area contributed by atoms with Crippen LogP contribution in [-0.2, 0) is 0 Å². The van der Waals surface area contributed by atoms with E-state index in [1.54, 1.807) is 19.4 Å². The maximum atomic E-state index is 9.66. The average Bonchev–Trinajstić information content (AvgIpc) is 2.16. The Balaban J connectivity index is 3.11. The van der Waals surface area contributed by atoms with Gasteiger partial charge in [-0.2, -0.15) is 0 Å². The molecule has 0 heterocycles. The van der Waals surface area contributed by atoms with E-state index < -0.39 is 0 Å². The van der Waals surface area contributed by atoms with Crippen molar-refractivity contribution >= 4 is 6.21 Å². The van der Waals surface area contributed by atoms with E-state index in [1.165, 1.54) is 0 Å². The van der Waals surface area contributed by atoms with Gasteiger partial charge in [0.2, 0.25) is 0 Å². The zero-order valence-electron chi connectivity index (χ0n) is 8.74. The second-order valence-electron chi connectivity index (χ2n) is 3.00. The maximum absolute atomic E-state index is 9.66. The van der Waals surface area contributed by atoms with Crippen LogP contribution < -0.4 is 4.74 Å². The van der Waals surface area contributed by atoms with Gasteiger partial charge in [-0.05, 0) is 25.5 Å². The summed E-state index contributed by atoms with van der Waals surface area (Å²) in [6.07, 6.45) is 1.68. The number of hydrogen-bond donors (Lipinski definition) is 1. The van der Waals surface area contributed by atoms with Crippen molar-refractivity contribution < 1.29 is 9.84 Å². The van der Waals surface area contributed by atoms with Gasteiger partial charge in [0.15, 0.2) is 0 Å². The topological polar surface area (TPSA) is 41.8 Å². The Morgan fingerprint density at radius 2 is 2.21 bits per heavy atom. The van der Waals surface area contributed by atoms with Crippen LogP contribution in [-0.4, -0.2) is 25.0 Å². The molecule has 0 fully saturated rings. The SMILES string of the molecule is CCN=Cc1c(C)cc(OC)cc1O. The number of aromatic hydroxyl groups is 1. The highest BCUT2D eigenvalue weighted by molar-refractivity contribution is 5.85. The minimum Gasteiger partial charge on any atom is -0.507 e. The standard InChI is InChI=1S/C11H15NO2/c1-4-12-7-10-8(2)5-9(14-3)6-11(10)13/h5-7,13H,4H2,1-3H3. The molecule has 0 radical (unpaired) electrons. The first-order valence-corrected chi connectivity index (χ1v) is 4.56. The molecule has 0 bridgehead atoms. The fraction of sp³-hybridized carbons (Fsp3) is 0.364. The minimum atomic E-state index is 0.207. The highest BCUT2D eigenvalue weighted by Crippen LogP contribution is 2.25. The molecular weight excluding hydrogens is 178 g/mol. The molecule has 0 aliphatic heterocycles. The predicted molar refractivity (Wildman–Crippen MR) is 57.5 cm³/mol. The molecule has 0 saturated heterocycles. The number of aliphatic imine (C=N–C) groups is 1. The average molecular weight is 193 g/mol. The number of methoxy groups -OCH3 is 1. The fourth-order valence-corrected chi connectivity index (χ4v) is 1.22. The van der Waals surface area contributed by atoms with Crippen molar-refractivity contribution in [3.8, 4) is 11.5 Å². The van der Waals surface area contributed by atoms with Crippen molar-refractivity contribution in [2.45, 2.75) is 13.8 Å². The monoisotopic (exact) mass is 193 g/mol. The van der Waals surface area contributed by atoms with E-state index in [2.05, 4.69) is 4.99 Å². The molecule has 14 heavy (non-hydrogen) atoms. The molecule has 76 valence electrons. The number of nitrogens with zero attached hydrogens (tertiary/aromatic N) is 1. The van der Waals surface area contributed by atoms with Crippen LogP contribution in [0, 0.1) is 6.92 Å². The minimum absolute atomic E-state index is 0.207. The van der Waals surface area contributed by atoms with Gasteiger partial charge in [-0.1, -0.05) is 0 Å². The Kier molecular flexibility index (Phi) is 3.51. The van der Waals surface area contributed by atoms with Crippen LogP contribution in [0.3, 0.4) is 0 Å². The van der Waals surface area contributed by atoms with Gasteiger partial charge < -0.3 is 9.84 Å². The Morgan fingerprint density at radius 1 is 1.50 bits per heavy atom.